The third-order valence-electron chi connectivity index (χ3n) is 4.69. The number of hydrogen-bond acceptors (Lipinski definition) is 4. The minimum absolute atomic E-state index is 0.0517. The first-order chi connectivity index (χ1) is 15.2. The molecule has 0 bridgehead atoms. The average molecular weight is 436 g/mol. The summed E-state index contributed by atoms with van der Waals surface area (Å²) < 4.78 is 13.4. The van der Waals surface area contributed by atoms with E-state index >= 15 is 0 Å². The monoisotopic (exact) mass is 435 g/mol. The lowest BCUT2D eigenvalue weighted by atomic mass is 10.3. The Kier molecular flexibility index (Phi) is 6.69. The Morgan fingerprint density at radius 3 is 2.42 bits per heavy atom. The van der Waals surface area contributed by atoms with Gasteiger partial charge >= 0.3 is 0 Å². The Hall–Kier alpha value is -3.51. The molecule has 1 heterocycles. The maximum absolute atomic E-state index is 12.2. The molecule has 6 nitrogen and oxygen atoms in total. The fourth-order valence-electron chi connectivity index (χ4n) is 3.19. The number of nitrogens with zero attached hydrogens (tertiary/aromatic N) is 2. The van der Waals surface area contributed by atoms with E-state index < -0.39 is 0 Å². The van der Waals surface area contributed by atoms with Gasteiger partial charge in [-0.15, -0.1) is 0 Å². The van der Waals surface area contributed by atoms with Crippen molar-refractivity contribution in [2.45, 2.75) is 13.1 Å². The zero-order valence-electron chi connectivity index (χ0n) is 16.8. The van der Waals surface area contributed by atoms with Crippen LogP contribution in [0.25, 0.3) is 11.0 Å². The second kappa shape index (κ2) is 10.00. The molecule has 4 rings (SSSR count). The van der Waals surface area contributed by atoms with Gasteiger partial charge in [-0.3, -0.25) is 4.79 Å². The second-order valence-electron chi connectivity index (χ2n) is 6.85. The van der Waals surface area contributed by atoms with Crippen LogP contribution in [0.15, 0.2) is 78.9 Å². The third-order valence-corrected chi connectivity index (χ3v) is 4.94. The smallest absolute Gasteiger partial charge is 0.258 e. The molecule has 0 atom stereocenters. The van der Waals surface area contributed by atoms with Crippen molar-refractivity contribution in [2.24, 2.45) is 0 Å². The first kappa shape index (κ1) is 20.8. The van der Waals surface area contributed by atoms with Crippen LogP contribution in [-0.4, -0.2) is 28.7 Å². The standard InChI is InChI=1S/C24H22ClN3O3/c25-18-10-12-20(13-11-18)30-15-14-28-22-9-5-4-8-21(22)27-23(28)16-26-24(29)17-31-19-6-2-1-3-7-19/h1-13H,14-17H2,(H,26,29). The van der Waals surface area contributed by atoms with E-state index in [4.69, 9.17) is 21.1 Å². The van der Waals surface area contributed by atoms with E-state index in [-0.39, 0.29) is 12.5 Å². The molecule has 0 saturated heterocycles. The Bertz CT molecular complexity index is 1140. The summed E-state index contributed by atoms with van der Waals surface area (Å²) >= 11 is 5.92. The number of benzene rings is 3. The molecule has 31 heavy (non-hydrogen) atoms. The molecule has 1 amide bonds. The van der Waals surface area contributed by atoms with Crippen molar-refractivity contribution in [2.75, 3.05) is 13.2 Å². The van der Waals surface area contributed by atoms with Crippen LogP contribution in [0.4, 0.5) is 0 Å². The van der Waals surface area contributed by atoms with Crippen molar-refractivity contribution in [3.63, 3.8) is 0 Å². The lowest BCUT2D eigenvalue weighted by molar-refractivity contribution is -0.123. The van der Waals surface area contributed by atoms with Crippen LogP contribution < -0.4 is 14.8 Å². The zero-order chi connectivity index (χ0) is 21.5. The highest BCUT2D eigenvalue weighted by Gasteiger charge is 2.12. The molecule has 0 fully saturated rings. The van der Waals surface area contributed by atoms with E-state index in [1.165, 1.54) is 0 Å². The van der Waals surface area contributed by atoms with Gasteiger partial charge in [0.15, 0.2) is 6.61 Å². The molecular formula is C24H22ClN3O3. The molecule has 0 saturated carbocycles. The van der Waals surface area contributed by atoms with E-state index in [1.807, 2.05) is 66.7 Å². The third kappa shape index (κ3) is 5.55. The molecular weight excluding hydrogens is 414 g/mol. The van der Waals surface area contributed by atoms with Crippen molar-refractivity contribution in [1.29, 1.82) is 0 Å². The molecule has 0 aliphatic carbocycles. The van der Waals surface area contributed by atoms with Gasteiger partial charge in [0.1, 0.15) is 23.9 Å². The summed E-state index contributed by atoms with van der Waals surface area (Å²) in [7, 11) is 0. The molecule has 158 valence electrons. The topological polar surface area (TPSA) is 65.4 Å². The number of ether oxygens (including phenoxy) is 2. The molecule has 0 unspecified atom stereocenters. The Labute approximate surface area is 185 Å². The van der Waals surface area contributed by atoms with Crippen molar-refractivity contribution >= 4 is 28.5 Å². The Balaban J connectivity index is 1.38. The number of fused-ring (bicyclic) bond motifs is 1. The number of amides is 1. The first-order valence-electron chi connectivity index (χ1n) is 9.96. The Morgan fingerprint density at radius 1 is 0.903 bits per heavy atom. The number of rotatable bonds is 9. The number of imidazole rings is 1. The van der Waals surface area contributed by atoms with Crippen LogP contribution in [-0.2, 0) is 17.9 Å². The molecule has 0 aliphatic rings. The average Bonchev–Trinajstić information content (AvgIpc) is 3.16. The molecule has 1 N–H and O–H groups in total. The number of carbonyl (C=O) groups excluding carboxylic acids is 1. The zero-order valence-corrected chi connectivity index (χ0v) is 17.6. The van der Waals surface area contributed by atoms with E-state index in [0.29, 0.717) is 30.5 Å². The van der Waals surface area contributed by atoms with Crippen molar-refractivity contribution in [3.05, 3.63) is 89.7 Å². The highest BCUT2D eigenvalue weighted by Crippen LogP contribution is 2.18. The number of nitrogens with one attached hydrogen (secondary N) is 1. The first-order valence-corrected chi connectivity index (χ1v) is 10.3. The minimum atomic E-state index is -0.208. The maximum Gasteiger partial charge on any atom is 0.258 e. The van der Waals surface area contributed by atoms with Gasteiger partial charge in [-0.05, 0) is 48.5 Å². The van der Waals surface area contributed by atoms with E-state index in [2.05, 4.69) is 14.9 Å². The normalized spacial score (nSPS) is 10.7. The molecule has 0 spiro atoms. The van der Waals surface area contributed by atoms with Crippen LogP contribution in [0.1, 0.15) is 5.82 Å². The predicted octanol–water partition coefficient (Wildman–Crippen LogP) is 4.46. The molecule has 4 aromatic rings. The fraction of sp³-hybridized carbons (Fsp3) is 0.167. The van der Waals surface area contributed by atoms with Gasteiger partial charge in [0, 0.05) is 5.02 Å². The van der Waals surface area contributed by atoms with Crippen molar-refractivity contribution in [3.8, 4) is 11.5 Å². The van der Waals surface area contributed by atoms with Gasteiger partial charge in [0.2, 0.25) is 0 Å². The van der Waals surface area contributed by atoms with Crippen molar-refractivity contribution in [1.82, 2.24) is 14.9 Å². The molecule has 0 aliphatic heterocycles. The lowest BCUT2D eigenvalue weighted by Crippen LogP contribution is -2.29. The van der Waals surface area contributed by atoms with Gasteiger partial charge in [-0.2, -0.15) is 0 Å². The van der Waals surface area contributed by atoms with E-state index in [1.54, 1.807) is 12.1 Å². The van der Waals surface area contributed by atoms with Gasteiger partial charge < -0.3 is 19.4 Å². The fourth-order valence-corrected chi connectivity index (χ4v) is 3.32. The number of aromatic nitrogens is 2. The highest BCUT2D eigenvalue weighted by atomic mass is 35.5. The summed E-state index contributed by atoms with van der Waals surface area (Å²) in [5.41, 5.74) is 1.87. The van der Waals surface area contributed by atoms with E-state index in [0.717, 1.165) is 22.6 Å². The summed E-state index contributed by atoms with van der Waals surface area (Å²) in [6.45, 7) is 1.30. The van der Waals surface area contributed by atoms with Crippen molar-refractivity contribution < 1.29 is 14.3 Å². The summed E-state index contributed by atoms with van der Waals surface area (Å²) in [5, 5.41) is 3.55. The number of halogens is 1. The number of carbonyl (C=O) groups is 1. The summed E-state index contributed by atoms with van der Waals surface area (Å²) in [4.78, 5) is 16.9. The van der Waals surface area contributed by atoms with Crippen LogP contribution in [0.3, 0.4) is 0 Å². The van der Waals surface area contributed by atoms with Gasteiger partial charge in [0.25, 0.3) is 5.91 Å². The minimum Gasteiger partial charge on any atom is -0.492 e. The van der Waals surface area contributed by atoms with Crippen LogP contribution in [0, 0.1) is 0 Å². The van der Waals surface area contributed by atoms with E-state index in [9.17, 15) is 4.79 Å². The summed E-state index contributed by atoms with van der Waals surface area (Å²) in [6, 6.07) is 24.4. The Morgan fingerprint density at radius 2 is 1.61 bits per heavy atom. The molecule has 0 radical (unpaired) electrons. The van der Waals surface area contributed by atoms with Gasteiger partial charge in [0.05, 0.1) is 24.1 Å². The van der Waals surface area contributed by atoms with Crippen LogP contribution in [0.5, 0.6) is 11.5 Å². The predicted molar refractivity (Wildman–Crippen MR) is 120 cm³/mol. The largest absolute Gasteiger partial charge is 0.492 e. The summed E-state index contributed by atoms with van der Waals surface area (Å²) in [6.07, 6.45) is 0. The second-order valence-corrected chi connectivity index (χ2v) is 7.29. The van der Waals surface area contributed by atoms with Crippen LogP contribution >= 0.6 is 11.6 Å². The highest BCUT2D eigenvalue weighted by molar-refractivity contribution is 6.30. The molecule has 3 aromatic carbocycles. The summed E-state index contributed by atoms with van der Waals surface area (Å²) in [5.74, 6) is 1.96. The molecule has 7 heteroatoms. The van der Waals surface area contributed by atoms with Gasteiger partial charge in [-0.1, -0.05) is 41.9 Å². The lowest BCUT2D eigenvalue weighted by Gasteiger charge is -2.12. The SMILES string of the molecule is O=C(COc1ccccc1)NCc1nc2ccccc2n1CCOc1ccc(Cl)cc1. The van der Waals surface area contributed by atoms with Gasteiger partial charge in [-0.25, -0.2) is 4.98 Å². The quantitative estimate of drug-likeness (QED) is 0.421. The maximum atomic E-state index is 12.2. The molecule has 1 aromatic heterocycles. The number of hydrogen-bond donors (Lipinski definition) is 1. The number of para-hydroxylation sites is 3. The van der Waals surface area contributed by atoms with Crippen LogP contribution in [0.2, 0.25) is 5.02 Å².